The number of ether oxygens (including phenoxy) is 3. The fraction of sp³-hybridized carbons (Fsp3) is 1.00. The molecule has 0 heterocycles. The van der Waals surface area contributed by atoms with E-state index < -0.39 is 5.97 Å². The summed E-state index contributed by atoms with van der Waals surface area (Å²) in [6.45, 7) is 15.5. The first-order chi connectivity index (χ1) is 14.6. The molecule has 0 aliphatic rings. The van der Waals surface area contributed by atoms with Crippen LogP contribution in [0.2, 0.25) is 0 Å². The minimum Gasteiger partial charge on any atom is -0.327 e. The Balaban J connectivity index is 5.80. The summed E-state index contributed by atoms with van der Waals surface area (Å²) in [6.07, 6.45) is 19.1. The highest BCUT2D eigenvalue weighted by molar-refractivity contribution is 4.90. The zero-order valence-corrected chi connectivity index (χ0v) is 21.7. The topological polar surface area (TPSA) is 27.7 Å². The molecule has 0 bridgehead atoms. The molecule has 0 rings (SSSR count). The average molecular weight is 429 g/mol. The predicted octanol–water partition coefficient (Wildman–Crippen LogP) is 9.04. The standard InChI is InChI=1S/C27H56O3/c1-7-13-16-17-18-19-22-26(20-14-8-2,21-15-9-3)27(28-23-10-4,29-24-11-5)30-25-12-6/h7-25H2,1-6H3. The SMILES string of the molecule is CCCCCCCCC(CCCC)(CCCC)C(OCCC)(OCCC)OCCC. The summed E-state index contributed by atoms with van der Waals surface area (Å²) in [6, 6.07) is 0. The Labute approximate surface area is 190 Å². The molecule has 0 aliphatic heterocycles. The molecule has 0 aromatic carbocycles. The molecule has 0 N–H and O–H groups in total. The van der Waals surface area contributed by atoms with Crippen LogP contribution >= 0.6 is 0 Å². The van der Waals surface area contributed by atoms with Crippen LogP contribution < -0.4 is 0 Å². The maximum atomic E-state index is 6.59. The third-order valence-corrected chi connectivity index (χ3v) is 6.16. The quantitative estimate of drug-likeness (QED) is 0.120. The second kappa shape index (κ2) is 19.6. The van der Waals surface area contributed by atoms with E-state index in [0.29, 0.717) is 19.8 Å². The fourth-order valence-electron chi connectivity index (χ4n) is 4.40. The van der Waals surface area contributed by atoms with Gasteiger partial charge >= 0.3 is 0 Å². The summed E-state index contributed by atoms with van der Waals surface area (Å²) in [4.78, 5) is 0. The number of rotatable bonds is 23. The summed E-state index contributed by atoms with van der Waals surface area (Å²) in [5, 5.41) is 0. The maximum absolute atomic E-state index is 6.59. The Morgan fingerprint density at radius 3 is 1.17 bits per heavy atom. The first kappa shape index (κ1) is 29.9. The summed E-state index contributed by atoms with van der Waals surface area (Å²) in [5.74, 6) is -0.886. The molecule has 0 aliphatic carbocycles. The minimum absolute atomic E-state index is 0.0523. The molecular weight excluding hydrogens is 372 g/mol. The molecule has 0 saturated heterocycles. The molecule has 0 radical (unpaired) electrons. The van der Waals surface area contributed by atoms with Crippen LogP contribution in [0.4, 0.5) is 0 Å². The van der Waals surface area contributed by atoms with Gasteiger partial charge in [0.05, 0.1) is 25.2 Å². The zero-order valence-electron chi connectivity index (χ0n) is 21.7. The van der Waals surface area contributed by atoms with Gasteiger partial charge in [-0.15, -0.1) is 0 Å². The molecule has 0 aromatic heterocycles. The van der Waals surface area contributed by atoms with Gasteiger partial charge in [0.1, 0.15) is 0 Å². The largest absolute Gasteiger partial charge is 0.327 e. The van der Waals surface area contributed by atoms with E-state index in [1.54, 1.807) is 0 Å². The van der Waals surface area contributed by atoms with Crippen molar-refractivity contribution in [1.29, 1.82) is 0 Å². The third kappa shape index (κ3) is 11.0. The summed E-state index contributed by atoms with van der Waals surface area (Å²) in [5.41, 5.74) is -0.0523. The van der Waals surface area contributed by atoms with Crippen molar-refractivity contribution >= 4 is 0 Å². The van der Waals surface area contributed by atoms with Crippen molar-refractivity contribution in [2.45, 2.75) is 150 Å². The Bertz CT molecular complexity index is 326. The molecular formula is C27H56O3. The van der Waals surface area contributed by atoms with Crippen molar-refractivity contribution in [2.75, 3.05) is 19.8 Å². The normalized spacial score (nSPS) is 12.6. The van der Waals surface area contributed by atoms with E-state index >= 15 is 0 Å². The highest BCUT2D eigenvalue weighted by Gasteiger charge is 2.54. The molecule has 0 unspecified atom stereocenters. The van der Waals surface area contributed by atoms with Gasteiger partial charge in [0, 0.05) is 0 Å². The highest BCUT2D eigenvalue weighted by Crippen LogP contribution is 2.49. The molecule has 0 saturated carbocycles. The highest BCUT2D eigenvalue weighted by atomic mass is 16.9. The molecule has 0 amide bonds. The van der Waals surface area contributed by atoms with E-state index in [1.165, 1.54) is 64.2 Å². The summed E-state index contributed by atoms with van der Waals surface area (Å²) in [7, 11) is 0. The number of hydrogen-bond donors (Lipinski definition) is 0. The lowest BCUT2D eigenvalue weighted by molar-refractivity contribution is -0.435. The van der Waals surface area contributed by atoms with Gasteiger partial charge in [-0.05, 0) is 38.5 Å². The fourth-order valence-corrected chi connectivity index (χ4v) is 4.40. The van der Waals surface area contributed by atoms with Crippen LogP contribution in [0.1, 0.15) is 144 Å². The van der Waals surface area contributed by atoms with Crippen LogP contribution in [0.15, 0.2) is 0 Å². The first-order valence-corrected chi connectivity index (χ1v) is 13.5. The van der Waals surface area contributed by atoms with Crippen molar-refractivity contribution in [3.05, 3.63) is 0 Å². The van der Waals surface area contributed by atoms with Gasteiger partial charge in [0.15, 0.2) is 0 Å². The Kier molecular flexibility index (Phi) is 19.5. The second-order valence-electron chi connectivity index (χ2n) is 9.11. The number of unbranched alkanes of at least 4 members (excludes halogenated alkanes) is 7. The van der Waals surface area contributed by atoms with E-state index in [-0.39, 0.29) is 5.41 Å². The molecule has 0 spiro atoms. The first-order valence-electron chi connectivity index (χ1n) is 13.5. The molecule has 3 heteroatoms. The van der Waals surface area contributed by atoms with Crippen molar-refractivity contribution in [1.82, 2.24) is 0 Å². The van der Waals surface area contributed by atoms with Crippen molar-refractivity contribution in [3.63, 3.8) is 0 Å². The lowest BCUT2D eigenvalue weighted by Gasteiger charge is -2.49. The molecule has 0 fully saturated rings. The van der Waals surface area contributed by atoms with Crippen LogP contribution in [0.5, 0.6) is 0 Å². The molecule has 182 valence electrons. The average Bonchev–Trinajstić information content (AvgIpc) is 2.77. The monoisotopic (exact) mass is 428 g/mol. The van der Waals surface area contributed by atoms with Gasteiger partial charge in [0.2, 0.25) is 0 Å². The van der Waals surface area contributed by atoms with Gasteiger partial charge < -0.3 is 14.2 Å². The smallest absolute Gasteiger partial charge is 0.288 e. The van der Waals surface area contributed by atoms with E-state index in [4.69, 9.17) is 14.2 Å². The van der Waals surface area contributed by atoms with Crippen LogP contribution in [0.3, 0.4) is 0 Å². The van der Waals surface area contributed by atoms with Crippen LogP contribution in [-0.4, -0.2) is 25.8 Å². The minimum atomic E-state index is -0.886. The Morgan fingerprint density at radius 1 is 0.400 bits per heavy atom. The lowest BCUT2D eigenvalue weighted by Crippen LogP contribution is -2.55. The number of hydrogen-bond acceptors (Lipinski definition) is 3. The van der Waals surface area contributed by atoms with Crippen LogP contribution in [0, 0.1) is 5.41 Å². The second-order valence-corrected chi connectivity index (χ2v) is 9.11. The van der Waals surface area contributed by atoms with Crippen molar-refractivity contribution in [3.8, 4) is 0 Å². The van der Waals surface area contributed by atoms with Crippen LogP contribution in [-0.2, 0) is 14.2 Å². The van der Waals surface area contributed by atoms with Gasteiger partial charge in [-0.25, -0.2) is 0 Å². The van der Waals surface area contributed by atoms with Gasteiger partial charge in [0.25, 0.3) is 5.97 Å². The molecule has 3 nitrogen and oxygen atoms in total. The summed E-state index contributed by atoms with van der Waals surface area (Å²) >= 11 is 0. The predicted molar refractivity (Wildman–Crippen MR) is 131 cm³/mol. The van der Waals surface area contributed by atoms with Gasteiger partial charge in [-0.1, -0.05) is 106 Å². The summed E-state index contributed by atoms with van der Waals surface area (Å²) < 4.78 is 19.8. The lowest BCUT2D eigenvalue weighted by atomic mass is 9.71. The van der Waals surface area contributed by atoms with Crippen LogP contribution in [0.25, 0.3) is 0 Å². The van der Waals surface area contributed by atoms with E-state index in [9.17, 15) is 0 Å². The van der Waals surface area contributed by atoms with Gasteiger partial charge in [-0.3, -0.25) is 0 Å². The van der Waals surface area contributed by atoms with E-state index in [0.717, 1.165) is 38.5 Å². The Hall–Kier alpha value is -0.120. The van der Waals surface area contributed by atoms with E-state index in [1.807, 2.05) is 0 Å². The zero-order chi connectivity index (χ0) is 22.6. The van der Waals surface area contributed by atoms with Gasteiger partial charge in [-0.2, -0.15) is 0 Å². The Morgan fingerprint density at radius 2 is 0.767 bits per heavy atom. The molecule has 30 heavy (non-hydrogen) atoms. The molecule has 0 aromatic rings. The maximum Gasteiger partial charge on any atom is 0.288 e. The van der Waals surface area contributed by atoms with Crippen molar-refractivity contribution in [2.24, 2.45) is 5.41 Å². The van der Waals surface area contributed by atoms with Crippen molar-refractivity contribution < 1.29 is 14.2 Å². The van der Waals surface area contributed by atoms with E-state index in [2.05, 4.69) is 41.5 Å². The third-order valence-electron chi connectivity index (χ3n) is 6.16. The molecule has 0 atom stereocenters.